The van der Waals surface area contributed by atoms with Crippen LogP contribution in [-0.4, -0.2) is 44.7 Å². The van der Waals surface area contributed by atoms with Gasteiger partial charge >= 0.3 is 0 Å². The Bertz CT molecular complexity index is 660. The Labute approximate surface area is 119 Å². The second-order valence-corrected chi connectivity index (χ2v) is 6.23. The zero-order chi connectivity index (χ0) is 14.8. The molecule has 1 atom stereocenters. The standard InChI is InChI=1S/C11H10ClFN2O4S/c12-9-2-1-8(13)5-10(9)20(17,18)15-3-4-19-6-11(15)14-7-16/h1-2,5,11H,3-4,6H2. The second kappa shape index (κ2) is 5.99. The lowest BCUT2D eigenvalue weighted by Gasteiger charge is -2.31. The average molecular weight is 321 g/mol. The molecule has 2 rings (SSSR count). The molecule has 1 aliphatic heterocycles. The molecule has 1 saturated heterocycles. The molecule has 0 saturated carbocycles. The van der Waals surface area contributed by atoms with E-state index in [1.165, 1.54) is 6.08 Å². The van der Waals surface area contributed by atoms with E-state index in [2.05, 4.69) is 4.99 Å². The summed E-state index contributed by atoms with van der Waals surface area (Å²) < 4.78 is 44.2. The first kappa shape index (κ1) is 15.1. The molecule has 0 radical (unpaired) electrons. The summed E-state index contributed by atoms with van der Waals surface area (Å²) in [6.07, 6.45) is 0.276. The summed E-state index contributed by atoms with van der Waals surface area (Å²) in [6.45, 7) is 0.0729. The van der Waals surface area contributed by atoms with Gasteiger partial charge in [0, 0.05) is 6.54 Å². The highest BCUT2D eigenvalue weighted by Gasteiger charge is 2.35. The van der Waals surface area contributed by atoms with Gasteiger partial charge in [-0.25, -0.2) is 17.6 Å². The lowest BCUT2D eigenvalue weighted by molar-refractivity contribution is 0.0359. The van der Waals surface area contributed by atoms with Gasteiger partial charge in [-0.15, -0.1) is 0 Å². The van der Waals surface area contributed by atoms with Crippen LogP contribution in [0.15, 0.2) is 28.1 Å². The van der Waals surface area contributed by atoms with Crippen LogP contribution < -0.4 is 0 Å². The van der Waals surface area contributed by atoms with E-state index >= 15 is 0 Å². The first-order valence-electron chi connectivity index (χ1n) is 5.58. The normalized spacial score (nSPS) is 20.4. The van der Waals surface area contributed by atoms with Crippen molar-refractivity contribution in [3.8, 4) is 0 Å². The van der Waals surface area contributed by atoms with E-state index < -0.39 is 22.0 Å². The molecule has 0 aliphatic carbocycles. The van der Waals surface area contributed by atoms with Gasteiger partial charge in [0.1, 0.15) is 10.7 Å². The topological polar surface area (TPSA) is 76.0 Å². The fourth-order valence-corrected chi connectivity index (χ4v) is 3.80. The number of carbonyl (C=O) groups excluding carboxylic acids is 1. The third-order valence-electron chi connectivity index (χ3n) is 2.74. The number of hydrogen-bond donors (Lipinski definition) is 0. The second-order valence-electron chi connectivity index (χ2n) is 3.97. The van der Waals surface area contributed by atoms with E-state index in [0.29, 0.717) is 0 Å². The zero-order valence-corrected chi connectivity index (χ0v) is 11.7. The van der Waals surface area contributed by atoms with Crippen LogP contribution >= 0.6 is 11.6 Å². The molecule has 6 nitrogen and oxygen atoms in total. The summed E-state index contributed by atoms with van der Waals surface area (Å²) in [4.78, 5) is 13.4. The van der Waals surface area contributed by atoms with Crippen molar-refractivity contribution in [3.05, 3.63) is 29.0 Å². The minimum absolute atomic E-state index is 0.00891. The first-order valence-corrected chi connectivity index (χ1v) is 7.40. The molecule has 0 N–H and O–H groups in total. The zero-order valence-electron chi connectivity index (χ0n) is 10.1. The van der Waals surface area contributed by atoms with Crippen molar-refractivity contribution in [2.45, 2.75) is 11.1 Å². The molecule has 1 aromatic carbocycles. The van der Waals surface area contributed by atoms with Gasteiger partial charge in [0.2, 0.25) is 16.1 Å². The van der Waals surface area contributed by atoms with Crippen molar-refractivity contribution in [1.82, 2.24) is 4.31 Å². The van der Waals surface area contributed by atoms with Gasteiger partial charge in [-0.3, -0.25) is 0 Å². The lowest BCUT2D eigenvalue weighted by atomic mass is 10.3. The molecular weight excluding hydrogens is 311 g/mol. The molecular formula is C11H10ClFN2O4S. The van der Waals surface area contributed by atoms with E-state index in [4.69, 9.17) is 16.3 Å². The molecule has 0 spiro atoms. The van der Waals surface area contributed by atoms with Crippen LogP contribution in [0.4, 0.5) is 4.39 Å². The fourth-order valence-electron chi connectivity index (χ4n) is 1.82. The smallest absolute Gasteiger partial charge is 0.246 e. The van der Waals surface area contributed by atoms with Crippen molar-refractivity contribution in [3.63, 3.8) is 0 Å². The Morgan fingerprint density at radius 3 is 2.95 bits per heavy atom. The van der Waals surface area contributed by atoms with Gasteiger partial charge in [-0.2, -0.15) is 9.30 Å². The lowest BCUT2D eigenvalue weighted by Crippen LogP contribution is -2.47. The monoisotopic (exact) mass is 320 g/mol. The Morgan fingerprint density at radius 2 is 2.25 bits per heavy atom. The number of nitrogens with zero attached hydrogens (tertiary/aromatic N) is 2. The summed E-state index contributed by atoms with van der Waals surface area (Å²) in [5.74, 6) is -0.725. The summed E-state index contributed by atoms with van der Waals surface area (Å²) in [7, 11) is -4.08. The molecule has 0 amide bonds. The molecule has 0 aromatic heterocycles. The average Bonchev–Trinajstić information content (AvgIpc) is 2.42. The highest BCUT2D eigenvalue weighted by molar-refractivity contribution is 7.89. The van der Waals surface area contributed by atoms with E-state index in [1.807, 2.05) is 0 Å². The van der Waals surface area contributed by atoms with Crippen molar-refractivity contribution < 1.29 is 22.3 Å². The van der Waals surface area contributed by atoms with Crippen LogP contribution in [0.25, 0.3) is 0 Å². The summed E-state index contributed by atoms with van der Waals surface area (Å²) in [5.41, 5.74) is 0. The maximum atomic E-state index is 13.2. The molecule has 1 heterocycles. The fraction of sp³-hybridized carbons (Fsp3) is 0.364. The number of hydrogen-bond acceptors (Lipinski definition) is 5. The van der Waals surface area contributed by atoms with Crippen LogP contribution in [-0.2, 0) is 19.6 Å². The molecule has 108 valence electrons. The number of rotatable bonds is 3. The van der Waals surface area contributed by atoms with Crippen molar-refractivity contribution in [2.24, 2.45) is 4.99 Å². The molecule has 20 heavy (non-hydrogen) atoms. The third kappa shape index (κ3) is 2.89. The Hall–Kier alpha value is -1.31. The predicted molar refractivity (Wildman–Crippen MR) is 68.0 cm³/mol. The van der Waals surface area contributed by atoms with Crippen molar-refractivity contribution >= 4 is 27.7 Å². The van der Waals surface area contributed by atoms with Gasteiger partial charge in [-0.05, 0) is 18.2 Å². The quantitative estimate of drug-likeness (QED) is 0.618. The minimum atomic E-state index is -4.08. The number of isocyanates is 1. The Kier molecular flexibility index (Phi) is 4.52. The largest absolute Gasteiger partial charge is 0.376 e. The van der Waals surface area contributed by atoms with Gasteiger partial charge in [0.05, 0.1) is 18.2 Å². The number of halogens is 2. The number of sulfonamides is 1. The molecule has 1 unspecified atom stereocenters. The van der Waals surface area contributed by atoms with Gasteiger partial charge < -0.3 is 4.74 Å². The Balaban J connectivity index is 2.47. The summed E-state index contributed by atoms with van der Waals surface area (Å²) in [5, 5.41) is -0.105. The number of aliphatic imine (C=N–C) groups is 1. The van der Waals surface area contributed by atoms with Gasteiger partial charge in [0.15, 0.2) is 6.17 Å². The third-order valence-corrected chi connectivity index (χ3v) is 5.12. The summed E-state index contributed by atoms with van der Waals surface area (Å²) in [6, 6.07) is 3.04. The highest BCUT2D eigenvalue weighted by atomic mass is 35.5. The number of morpholine rings is 1. The van der Waals surface area contributed by atoms with Crippen LogP contribution in [0.3, 0.4) is 0 Å². The maximum absolute atomic E-state index is 13.2. The van der Waals surface area contributed by atoms with E-state index in [-0.39, 0.29) is 29.7 Å². The van der Waals surface area contributed by atoms with Crippen molar-refractivity contribution in [1.29, 1.82) is 0 Å². The first-order chi connectivity index (χ1) is 9.46. The Morgan fingerprint density at radius 1 is 1.50 bits per heavy atom. The molecule has 9 heteroatoms. The predicted octanol–water partition coefficient (Wildman–Crippen LogP) is 1.16. The van der Waals surface area contributed by atoms with Crippen LogP contribution in [0.1, 0.15) is 0 Å². The van der Waals surface area contributed by atoms with Gasteiger partial charge in [0.25, 0.3) is 0 Å². The maximum Gasteiger partial charge on any atom is 0.246 e. The molecule has 1 fully saturated rings. The van der Waals surface area contributed by atoms with E-state index in [1.54, 1.807) is 0 Å². The van der Waals surface area contributed by atoms with Crippen molar-refractivity contribution in [2.75, 3.05) is 19.8 Å². The number of ether oxygens (including phenoxy) is 1. The highest BCUT2D eigenvalue weighted by Crippen LogP contribution is 2.27. The minimum Gasteiger partial charge on any atom is -0.376 e. The molecule has 1 aliphatic rings. The van der Waals surface area contributed by atoms with E-state index in [9.17, 15) is 17.6 Å². The van der Waals surface area contributed by atoms with Crippen LogP contribution in [0, 0.1) is 5.82 Å². The van der Waals surface area contributed by atoms with Crippen LogP contribution in [0.2, 0.25) is 5.02 Å². The van der Waals surface area contributed by atoms with Gasteiger partial charge in [-0.1, -0.05) is 11.6 Å². The molecule has 1 aromatic rings. The summed E-state index contributed by atoms with van der Waals surface area (Å²) >= 11 is 5.81. The molecule has 0 bridgehead atoms. The SMILES string of the molecule is O=C=NC1COCCN1S(=O)(=O)c1cc(F)ccc1Cl. The van der Waals surface area contributed by atoms with Crippen LogP contribution in [0.5, 0.6) is 0 Å². The van der Waals surface area contributed by atoms with E-state index in [0.717, 1.165) is 22.5 Å². The number of benzene rings is 1.